The zero-order chi connectivity index (χ0) is 15.2. The fraction of sp³-hybridized carbons (Fsp3) is 0.533. The van der Waals surface area contributed by atoms with Crippen LogP contribution < -0.4 is 10.1 Å². The maximum absolute atomic E-state index is 12.1. The first-order valence-electron chi connectivity index (χ1n) is 7.17. The topological polar surface area (TPSA) is 61.8 Å². The zero-order valence-electron chi connectivity index (χ0n) is 12.1. The number of amides is 2. The lowest BCUT2D eigenvalue weighted by molar-refractivity contribution is 0.151. The largest absolute Gasteiger partial charge is 0.489 e. The van der Waals surface area contributed by atoms with Gasteiger partial charge in [0.05, 0.1) is 19.2 Å². The lowest BCUT2D eigenvalue weighted by atomic mass is 10.2. The first-order valence-corrected chi connectivity index (χ1v) is 7.55. The van der Waals surface area contributed by atoms with Gasteiger partial charge in [-0.2, -0.15) is 0 Å². The van der Waals surface area contributed by atoms with Gasteiger partial charge in [-0.15, -0.1) is 0 Å². The van der Waals surface area contributed by atoms with E-state index in [2.05, 4.69) is 5.32 Å². The molecule has 1 aromatic rings. The van der Waals surface area contributed by atoms with Crippen LogP contribution in [-0.4, -0.2) is 47.9 Å². The Morgan fingerprint density at radius 1 is 1.62 bits per heavy atom. The standard InChI is InChI=1S/C15H21ClN2O3/c1-11(21-14-6-2-4-12(16)8-14)9-17-15(20)18-7-3-5-13(18)10-19/h2,4,6,8,11,13,19H,3,5,7,9-10H2,1H3,(H,17,20)/t11?,13-/m1/s1. The second-order valence-electron chi connectivity index (χ2n) is 5.24. The van der Waals surface area contributed by atoms with Crippen LogP contribution in [0.15, 0.2) is 24.3 Å². The summed E-state index contributed by atoms with van der Waals surface area (Å²) in [5.41, 5.74) is 0. The average molecular weight is 313 g/mol. The van der Waals surface area contributed by atoms with Gasteiger partial charge in [0.25, 0.3) is 0 Å². The highest BCUT2D eigenvalue weighted by Crippen LogP contribution is 2.18. The van der Waals surface area contributed by atoms with Crippen LogP contribution in [0.5, 0.6) is 5.75 Å². The summed E-state index contributed by atoms with van der Waals surface area (Å²) in [6, 6.07) is 6.96. The predicted octanol–water partition coefficient (Wildman–Crippen LogP) is 2.27. The van der Waals surface area contributed by atoms with Gasteiger partial charge in [-0.1, -0.05) is 17.7 Å². The normalized spacial score (nSPS) is 19.4. The van der Waals surface area contributed by atoms with Crippen molar-refractivity contribution in [2.24, 2.45) is 0 Å². The van der Waals surface area contributed by atoms with Gasteiger partial charge in [0, 0.05) is 11.6 Å². The van der Waals surface area contributed by atoms with Crippen molar-refractivity contribution in [2.75, 3.05) is 19.7 Å². The van der Waals surface area contributed by atoms with Gasteiger partial charge in [-0.05, 0) is 38.0 Å². The third-order valence-electron chi connectivity index (χ3n) is 3.52. The van der Waals surface area contributed by atoms with E-state index < -0.39 is 0 Å². The van der Waals surface area contributed by atoms with Crippen molar-refractivity contribution in [3.05, 3.63) is 29.3 Å². The molecule has 0 bridgehead atoms. The minimum Gasteiger partial charge on any atom is -0.489 e. The number of likely N-dealkylation sites (tertiary alicyclic amines) is 1. The Labute approximate surface area is 129 Å². The number of nitrogens with zero attached hydrogens (tertiary/aromatic N) is 1. The second kappa shape index (κ2) is 7.52. The van der Waals surface area contributed by atoms with E-state index in [0.29, 0.717) is 23.9 Å². The van der Waals surface area contributed by atoms with Crippen LogP contribution >= 0.6 is 11.6 Å². The summed E-state index contributed by atoms with van der Waals surface area (Å²) in [5.74, 6) is 0.679. The lowest BCUT2D eigenvalue weighted by Gasteiger charge is -2.24. The summed E-state index contributed by atoms with van der Waals surface area (Å²) in [6.45, 7) is 3.00. The van der Waals surface area contributed by atoms with Crippen LogP contribution in [-0.2, 0) is 0 Å². The Bertz CT molecular complexity index is 484. The van der Waals surface area contributed by atoms with Crippen molar-refractivity contribution in [1.82, 2.24) is 10.2 Å². The van der Waals surface area contributed by atoms with E-state index in [0.717, 1.165) is 12.8 Å². The Kier molecular flexibility index (Phi) is 5.70. The summed E-state index contributed by atoms with van der Waals surface area (Å²) in [4.78, 5) is 13.7. The fourth-order valence-corrected chi connectivity index (χ4v) is 2.62. The van der Waals surface area contributed by atoms with Gasteiger partial charge in [-0.25, -0.2) is 4.79 Å². The molecule has 2 rings (SSSR count). The SMILES string of the molecule is CC(CNC(=O)N1CCC[C@@H]1CO)Oc1cccc(Cl)c1. The molecule has 0 aromatic heterocycles. The molecule has 116 valence electrons. The van der Waals surface area contributed by atoms with Crippen LogP contribution in [0.25, 0.3) is 0 Å². The third-order valence-corrected chi connectivity index (χ3v) is 3.76. The van der Waals surface area contributed by atoms with E-state index in [1.807, 2.05) is 19.1 Å². The molecular weight excluding hydrogens is 292 g/mol. The predicted molar refractivity (Wildman–Crippen MR) is 81.8 cm³/mol. The number of nitrogens with one attached hydrogen (secondary N) is 1. The summed E-state index contributed by atoms with van der Waals surface area (Å²) >= 11 is 5.89. The van der Waals surface area contributed by atoms with E-state index in [4.69, 9.17) is 16.3 Å². The average Bonchev–Trinajstić information content (AvgIpc) is 2.93. The third kappa shape index (κ3) is 4.51. The first kappa shape index (κ1) is 15.9. The molecule has 2 atom stereocenters. The Balaban J connectivity index is 1.78. The number of hydrogen-bond donors (Lipinski definition) is 2. The summed E-state index contributed by atoms with van der Waals surface area (Å²) in [5, 5.41) is 12.7. The number of rotatable bonds is 5. The fourth-order valence-electron chi connectivity index (χ4n) is 2.44. The summed E-state index contributed by atoms with van der Waals surface area (Å²) in [6.07, 6.45) is 1.63. The monoisotopic (exact) mass is 312 g/mol. The highest BCUT2D eigenvalue weighted by atomic mass is 35.5. The van der Waals surface area contributed by atoms with Crippen molar-refractivity contribution >= 4 is 17.6 Å². The maximum Gasteiger partial charge on any atom is 0.317 e. The molecule has 2 amide bonds. The van der Waals surface area contributed by atoms with Gasteiger partial charge >= 0.3 is 6.03 Å². The van der Waals surface area contributed by atoms with E-state index >= 15 is 0 Å². The van der Waals surface area contributed by atoms with Crippen LogP contribution in [0.2, 0.25) is 5.02 Å². The number of carbonyl (C=O) groups is 1. The molecule has 5 nitrogen and oxygen atoms in total. The number of halogens is 1. The number of aliphatic hydroxyl groups excluding tert-OH is 1. The number of aliphatic hydroxyl groups is 1. The van der Waals surface area contributed by atoms with E-state index in [9.17, 15) is 9.90 Å². The molecule has 1 aliphatic rings. The van der Waals surface area contributed by atoms with Crippen molar-refractivity contribution in [3.8, 4) is 5.75 Å². The minimum atomic E-state index is -0.164. The van der Waals surface area contributed by atoms with Crippen molar-refractivity contribution in [1.29, 1.82) is 0 Å². The molecule has 0 saturated carbocycles. The van der Waals surface area contributed by atoms with E-state index in [1.54, 1.807) is 17.0 Å². The van der Waals surface area contributed by atoms with Crippen LogP contribution in [0.4, 0.5) is 4.79 Å². The number of ether oxygens (including phenoxy) is 1. The molecule has 0 aliphatic carbocycles. The van der Waals surface area contributed by atoms with Crippen molar-refractivity contribution < 1.29 is 14.6 Å². The van der Waals surface area contributed by atoms with Crippen molar-refractivity contribution in [2.45, 2.75) is 31.9 Å². The molecule has 1 heterocycles. The molecule has 6 heteroatoms. The maximum atomic E-state index is 12.1. The second-order valence-corrected chi connectivity index (χ2v) is 5.68. The number of urea groups is 1. The van der Waals surface area contributed by atoms with Gasteiger partial charge in [0.15, 0.2) is 0 Å². The summed E-state index contributed by atoms with van der Waals surface area (Å²) < 4.78 is 5.69. The number of hydrogen-bond acceptors (Lipinski definition) is 3. The zero-order valence-corrected chi connectivity index (χ0v) is 12.8. The summed E-state index contributed by atoms with van der Waals surface area (Å²) in [7, 11) is 0. The molecule has 21 heavy (non-hydrogen) atoms. The lowest BCUT2D eigenvalue weighted by Crippen LogP contribution is -2.46. The molecular formula is C15H21ClN2O3. The van der Waals surface area contributed by atoms with Crippen LogP contribution in [0, 0.1) is 0 Å². The molecule has 1 unspecified atom stereocenters. The molecule has 1 aromatic carbocycles. The minimum absolute atomic E-state index is 0.0159. The van der Waals surface area contributed by atoms with Crippen LogP contribution in [0.1, 0.15) is 19.8 Å². The van der Waals surface area contributed by atoms with Gasteiger partial charge < -0.3 is 20.1 Å². The van der Waals surface area contributed by atoms with Gasteiger partial charge in [0.1, 0.15) is 11.9 Å². The van der Waals surface area contributed by atoms with Crippen molar-refractivity contribution in [3.63, 3.8) is 0 Å². The van der Waals surface area contributed by atoms with Crippen LogP contribution in [0.3, 0.4) is 0 Å². The Hall–Kier alpha value is -1.46. The molecule has 1 fully saturated rings. The number of carbonyl (C=O) groups excluding carboxylic acids is 1. The molecule has 1 saturated heterocycles. The molecule has 1 aliphatic heterocycles. The highest BCUT2D eigenvalue weighted by molar-refractivity contribution is 6.30. The first-order chi connectivity index (χ1) is 10.1. The molecule has 0 radical (unpaired) electrons. The highest BCUT2D eigenvalue weighted by Gasteiger charge is 2.27. The smallest absolute Gasteiger partial charge is 0.317 e. The Morgan fingerprint density at radius 3 is 3.14 bits per heavy atom. The Morgan fingerprint density at radius 2 is 2.43 bits per heavy atom. The molecule has 0 spiro atoms. The molecule has 2 N–H and O–H groups in total. The van der Waals surface area contributed by atoms with E-state index in [-0.39, 0.29) is 24.8 Å². The number of benzene rings is 1. The van der Waals surface area contributed by atoms with Gasteiger partial charge in [-0.3, -0.25) is 0 Å². The quantitative estimate of drug-likeness (QED) is 0.877. The van der Waals surface area contributed by atoms with E-state index in [1.165, 1.54) is 0 Å². The van der Waals surface area contributed by atoms with Gasteiger partial charge in [0.2, 0.25) is 0 Å².